The summed E-state index contributed by atoms with van der Waals surface area (Å²) >= 11 is 0. The summed E-state index contributed by atoms with van der Waals surface area (Å²) in [6.45, 7) is 1.96. The molecule has 0 radical (unpaired) electrons. The van der Waals surface area contributed by atoms with Gasteiger partial charge in [-0.25, -0.2) is 0 Å². The summed E-state index contributed by atoms with van der Waals surface area (Å²) in [4.78, 5) is 20.8. The Morgan fingerprint density at radius 1 is 1.21 bits per heavy atom. The number of carbonyl (C=O) groups excluding carboxylic acids is 2. The highest BCUT2D eigenvalue weighted by Crippen LogP contribution is 2.11. The number of rotatable bonds is 4. The van der Waals surface area contributed by atoms with E-state index in [1.54, 1.807) is 18.2 Å². The van der Waals surface area contributed by atoms with Gasteiger partial charge in [0.25, 0.3) is 0 Å². The number of hydrogen-bond acceptors (Lipinski definition) is 2. The Morgan fingerprint density at radius 2 is 2.00 bits per heavy atom. The minimum atomic E-state index is 0.381. The summed E-state index contributed by atoms with van der Waals surface area (Å²) in [5, 5.41) is 0. The molecule has 0 amide bonds. The van der Waals surface area contributed by atoms with Gasteiger partial charge in [-0.2, -0.15) is 0 Å². The highest BCUT2D eigenvalue weighted by molar-refractivity contribution is 5.82. The van der Waals surface area contributed by atoms with Gasteiger partial charge in [0.1, 0.15) is 6.29 Å². The maximum absolute atomic E-state index is 10.7. The van der Waals surface area contributed by atoms with Crippen LogP contribution in [0.5, 0.6) is 0 Å². The first-order valence-electron chi connectivity index (χ1n) is 4.44. The third kappa shape index (κ3) is 2.66. The Hall–Kier alpha value is -1.70. The van der Waals surface area contributed by atoms with Gasteiger partial charge in [-0.3, -0.25) is 4.79 Å². The van der Waals surface area contributed by atoms with E-state index < -0.39 is 0 Å². The smallest absolute Gasteiger partial charge is 0.150 e. The molecule has 0 aliphatic rings. The topological polar surface area (TPSA) is 34.1 Å². The van der Waals surface area contributed by atoms with Crippen molar-refractivity contribution in [3.8, 4) is 0 Å². The van der Waals surface area contributed by atoms with Gasteiger partial charge < -0.3 is 4.79 Å². The van der Waals surface area contributed by atoms with Crippen LogP contribution in [0.4, 0.5) is 0 Å². The first-order chi connectivity index (χ1) is 6.77. The van der Waals surface area contributed by atoms with E-state index in [0.29, 0.717) is 12.0 Å². The van der Waals surface area contributed by atoms with Gasteiger partial charge in [-0.1, -0.05) is 35.9 Å². The highest BCUT2D eigenvalue weighted by Gasteiger charge is 1.97. The predicted octanol–water partition coefficient (Wildman–Crippen LogP) is 2.41. The largest absolute Gasteiger partial charge is 0.303 e. The molecule has 2 nitrogen and oxygen atoms in total. The second-order valence-corrected chi connectivity index (χ2v) is 3.05. The second-order valence-electron chi connectivity index (χ2n) is 3.05. The van der Waals surface area contributed by atoms with E-state index in [0.717, 1.165) is 23.7 Å². The SMILES string of the molecule is Cc1ccc(C=O)c(C=CCC=O)c1. The molecule has 72 valence electrons. The van der Waals surface area contributed by atoms with Gasteiger partial charge in [0.15, 0.2) is 6.29 Å². The summed E-state index contributed by atoms with van der Waals surface area (Å²) in [6.07, 6.45) is 5.57. The lowest BCUT2D eigenvalue weighted by atomic mass is 10.0. The van der Waals surface area contributed by atoms with Crippen LogP contribution in [0.15, 0.2) is 24.3 Å². The van der Waals surface area contributed by atoms with Crippen molar-refractivity contribution >= 4 is 18.6 Å². The summed E-state index contributed by atoms with van der Waals surface area (Å²) in [6, 6.07) is 5.59. The van der Waals surface area contributed by atoms with E-state index in [4.69, 9.17) is 0 Å². The van der Waals surface area contributed by atoms with Crippen molar-refractivity contribution in [3.63, 3.8) is 0 Å². The van der Waals surface area contributed by atoms with Crippen LogP contribution in [-0.2, 0) is 4.79 Å². The van der Waals surface area contributed by atoms with Crippen LogP contribution in [0, 0.1) is 6.92 Å². The molecule has 0 saturated heterocycles. The Bertz CT molecular complexity index is 365. The van der Waals surface area contributed by atoms with Gasteiger partial charge in [0.05, 0.1) is 0 Å². The zero-order valence-corrected chi connectivity index (χ0v) is 8.07. The molecular formula is C12H12O2. The predicted molar refractivity (Wildman–Crippen MR) is 56.3 cm³/mol. The first-order valence-corrected chi connectivity index (χ1v) is 4.44. The van der Waals surface area contributed by atoms with Gasteiger partial charge in [-0.05, 0) is 12.5 Å². The maximum Gasteiger partial charge on any atom is 0.150 e. The second kappa shape index (κ2) is 5.12. The molecule has 0 N–H and O–H groups in total. The van der Waals surface area contributed by atoms with Crippen molar-refractivity contribution in [2.45, 2.75) is 13.3 Å². The van der Waals surface area contributed by atoms with Crippen molar-refractivity contribution in [3.05, 3.63) is 41.0 Å². The Morgan fingerprint density at radius 3 is 2.64 bits per heavy atom. The van der Waals surface area contributed by atoms with Crippen LogP contribution >= 0.6 is 0 Å². The van der Waals surface area contributed by atoms with E-state index in [-0.39, 0.29) is 0 Å². The highest BCUT2D eigenvalue weighted by atomic mass is 16.1. The summed E-state index contributed by atoms with van der Waals surface area (Å²) in [5.74, 6) is 0. The number of carbonyl (C=O) groups is 2. The molecule has 0 aliphatic heterocycles. The van der Waals surface area contributed by atoms with Gasteiger partial charge in [0.2, 0.25) is 0 Å². The average molecular weight is 188 g/mol. The van der Waals surface area contributed by atoms with Crippen LogP contribution in [0.1, 0.15) is 27.9 Å². The van der Waals surface area contributed by atoms with Crippen LogP contribution in [-0.4, -0.2) is 12.6 Å². The molecule has 0 atom stereocenters. The van der Waals surface area contributed by atoms with Gasteiger partial charge in [0, 0.05) is 12.0 Å². The van der Waals surface area contributed by atoms with Crippen LogP contribution in [0.2, 0.25) is 0 Å². The average Bonchev–Trinajstić information content (AvgIpc) is 2.19. The lowest BCUT2D eigenvalue weighted by Gasteiger charge is -1.99. The van der Waals surface area contributed by atoms with Crippen molar-refractivity contribution < 1.29 is 9.59 Å². The van der Waals surface area contributed by atoms with Crippen molar-refractivity contribution in [1.82, 2.24) is 0 Å². The van der Waals surface area contributed by atoms with Crippen molar-refractivity contribution in [2.24, 2.45) is 0 Å². The molecule has 0 aromatic heterocycles. The molecule has 2 heteroatoms. The van der Waals surface area contributed by atoms with Crippen LogP contribution in [0.3, 0.4) is 0 Å². The molecule has 14 heavy (non-hydrogen) atoms. The lowest BCUT2D eigenvalue weighted by molar-refractivity contribution is -0.107. The summed E-state index contributed by atoms with van der Waals surface area (Å²) < 4.78 is 0. The fraction of sp³-hybridized carbons (Fsp3) is 0.167. The lowest BCUT2D eigenvalue weighted by Crippen LogP contribution is -1.86. The van der Waals surface area contributed by atoms with Crippen LogP contribution in [0.25, 0.3) is 6.08 Å². The molecule has 0 saturated carbocycles. The monoisotopic (exact) mass is 188 g/mol. The van der Waals surface area contributed by atoms with Gasteiger partial charge >= 0.3 is 0 Å². The molecule has 0 bridgehead atoms. The first kappa shape index (κ1) is 10.4. The fourth-order valence-electron chi connectivity index (χ4n) is 1.20. The molecule has 0 fully saturated rings. The third-order valence-corrected chi connectivity index (χ3v) is 1.90. The zero-order valence-electron chi connectivity index (χ0n) is 8.07. The van der Waals surface area contributed by atoms with Crippen molar-refractivity contribution in [1.29, 1.82) is 0 Å². The molecule has 0 unspecified atom stereocenters. The molecule has 1 rings (SSSR count). The van der Waals surface area contributed by atoms with Gasteiger partial charge in [-0.15, -0.1) is 0 Å². The third-order valence-electron chi connectivity index (χ3n) is 1.90. The normalized spacial score (nSPS) is 10.4. The number of allylic oxidation sites excluding steroid dienone is 1. The maximum atomic E-state index is 10.7. The standard InChI is InChI=1S/C12H12O2/c1-10-5-6-12(9-14)11(8-10)4-2-3-7-13/h2,4-9H,3H2,1H3. The molecule has 0 spiro atoms. The number of hydrogen-bond donors (Lipinski definition) is 0. The van der Waals surface area contributed by atoms with E-state index in [1.165, 1.54) is 0 Å². The van der Waals surface area contributed by atoms with Crippen LogP contribution < -0.4 is 0 Å². The van der Waals surface area contributed by atoms with E-state index in [1.807, 2.05) is 19.1 Å². The fourth-order valence-corrected chi connectivity index (χ4v) is 1.20. The molecular weight excluding hydrogens is 176 g/mol. The van der Waals surface area contributed by atoms with E-state index in [2.05, 4.69) is 0 Å². The number of aryl methyl sites for hydroxylation is 1. The van der Waals surface area contributed by atoms with Crippen molar-refractivity contribution in [2.75, 3.05) is 0 Å². The number of benzene rings is 1. The number of aldehydes is 2. The summed E-state index contributed by atoms with van der Waals surface area (Å²) in [5.41, 5.74) is 2.61. The molecule has 1 aromatic carbocycles. The zero-order chi connectivity index (χ0) is 10.4. The minimum absolute atomic E-state index is 0.381. The molecule has 1 aromatic rings. The minimum Gasteiger partial charge on any atom is -0.303 e. The molecule has 0 heterocycles. The summed E-state index contributed by atoms with van der Waals surface area (Å²) in [7, 11) is 0. The Labute approximate surface area is 83.3 Å². The van der Waals surface area contributed by atoms with E-state index in [9.17, 15) is 9.59 Å². The Kier molecular flexibility index (Phi) is 3.80. The quantitative estimate of drug-likeness (QED) is 0.680. The Balaban J connectivity index is 2.98. The molecule has 0 aliphatic carbocycles. The van der Waals surface area contributed by atoms with E-state index >= 15 is 0 Å².